The number of sulfone groups is 1. The molecule has 0 aliphatic rings. The number of hydrogen-bond acceptors (Lipinski definition) is 4. The average molecular weight is 390 g/mol. The van der Waals surface area contributed by atoms with Crippen LogP contribution in [0.15, 0.2) is 53.4 Å². The molecule has 2 aromatic carbocycles. The Hall–Kier alpha value is -2.34. The highest BCUT2D eigenvalue weighted by Crippen LogP contribution is 2.25. The molecule has 0 heterocycles. The summed E-state index contributed by atoms with van der Waals surface area (Å²) in [7, 11) is -3.25. The lowest BCUT2D eigenvalue weighted by molar-refractivity contribution is -0.122. The molecule has 0 fully saturated rings. The molecule has 0 aliphatic carbocycles. The maximum absolute atomic E-state index is 12.3. The van der Waals surface area contributed by atoms with E-state index >= 15 is 0 Å². The second-order valence-corrected chi connectivity index (χ2v) is 9.73. The van der Waals surface area contributed by atoms with Gasteiger partial charge in [-0.1, -0.05) is 39.8 Å². The highest BCUT2D eigenvalue weighted by molar-refractivity contribution is 7.91. The number of ether oxygens (including phenoxy) is 1. The van der Waals surface area contributed by atoms with Gasteiger partial charge in [0.05, 0.1) is 10.6 Å². The van der Waals surface area contributed by atoms with Crippen molar-refractivity contribution in [3.05, 3.63) is 54.1 Å². The smallest absolute Gasteiger partial charge is 0.265 e. The first-order valence-electron chi connectivity index (χ1n) is 8.94. The van der Waals surface area contributed by atoms with Crippen molar-refractivity contribution in [1.82, 2.24) is 0 Å². The summed E-state index contributed by atoms with van der Waals surface area (Å²) >= 11 is 0. The monoisotopic (exact) mass is 389 g/mol. The lowest BCUT2D eigenvalue weighted by Crippen LogP contribution is -2.30. The highest BCUT2D eigenvalue weighted by Gasteiger charge is 2.17. The lowest BCUT2D eigenvalue weighted by atomic mass is 9.87. The van der Waals surface area contributed by atoms with Crippen molar-refractivity contribution in [2.75, 3.05) is 11.1 Å². The normalized spacial score (nSPS) is 13.1. The lowest BCUT2D eigenvalue weighted by Gasteiger charge is -2.20. The summed E-state index contributed by atoms with van der Waals surface area (Å²) < 4.78 is 29.4. The minimum atomic E-state index is -3.25. The Morgan fingerprint density at radius 2 is 1.59 bits per heavy atom. The van der Waals surface area contributed by atoms with Gasteiger partial charge in [-0.15, -0.1) is 0 Å². The van der Waals surface area contributed by atoms with E-state index < -0.39 is 15.9 Å². The van der Waals surface area contributed by atoms with Gasteiger partial charge in [0.1, 0.15) is 5.75 Å². The predicted molar refractivity (Wildman–Crippen MR) is 108 cm³/mol. The Labute approximate surface area is 161 Å². The van der Waals surface area contributed by atoms with Crippen molar-refractivity contribution in [2.45, 2.75) is 51.0 Å². The van der Waals surface area contributed by atoms with E-state index in [4.69, 9.17) is 4.74 Å². The van der Waals surface area contributed by atoms with Crippen molar-refractivity contribution in [3.8, 4) is 5.75 Å². The van der Waals surface area contributed by atoms with Gasteiger partial charge >= 0.3 is 0 Å². The van der Waals surface area contributed by atoms with E-state index in [1.165, 1.54) is 17.7 Å². The van der Waals surface area contributed by atoms with Gasteiger partial charge in [-0.3, -0.25) is 4.79 Å². The third-order valence-electron chi connectivity index (χ3n) is 4.26. The number of rotatable bonds is 6. The number of anilines is 1. The fraction of sp³-hybridized carbons (Fsp3) is 0.381. The Bertz CT molecular complexity index is 879. The molecule has 0 aromatic heterocycles. The summed E-state index contributed by atoms with van der Waals surface area (Å²) in [5, 5.41) is 2.74. The van der Waals surface area contributed by atoms with Crippen LogP contribution in [0.3, 0.4) is 0 Å². The van der Waals surface area contributed by atoms with E-state index in [1.54, 1.807) is 26.0 Å². The number of amides is 1. The van der Waals surface area contributed by atoms with Gasteiger partial charge < -0.3 is 10.1 Å². The molecule has 0 saturated heterocycles. The predicted octanol–water partition coefficient (Wildman–Crippen LogP) is 4.18. The fourth-order valence-corrected chi connectivity index (χ4v) is 3.33. The Morgan fingerprint density at radius 3 is 2.07 bits per heavy atom. The van der Waals surface area contributed by atoms with E-state index in [2.05, 4.69) is 26.1 Å². The SMILES string of the molecule is CCS(=O)(=O)c1ccc(NC(=O)C(C)Oc2ccc(C(C)(C)C)cc2)cc1. The summed E-state index contributed by atoms with van der Waals surface area (Å²) in [6.45, 7) is 9.67. The van der Waals surface area contributed by atoms with Crippen LogP contribution in [0, 0.1) is 0 Å². The molecule has 1 unspecified atom stereocenters. The molecule has 27 heavy (non-hydrogen) atoms. The largest absolute Gasteiger partial charge is 0.481 e. The topological polar surface area (TPSA) is 72.5 Å². The molecule has 0 bridgehead atoms. The molecular formula is C21H27NO4S. The van der Waals surface area contributed by atoms with E-state index in [0.717, 1.165) is 0 Å². The van der Waals surface area contributed by atoms with Crippen molar-refractivity contribution in [1.29, 1.82) is 0 Å². The minimum Gasteiger partial charge on any atom is -0.481 e. The second kappa shape index (κ2) is 8.13. The Morgan fingerprint density at radius 1 is 1.04 bits per heavy atom. The van der Waals surface area contributed by atoms with Crippen LogP contribution in [-0.4, -0.2) is 26.2 Å². The maximum Gasteiger partial charge on any atom is 0.265 e. The Balaban J connectivity index is 1.99. The zero-order valence-electron chi connectivity index (χ0n) is 16.4. The van der Waals surface area contributed by atoms with Crippen molar-refractivity contribution >= 4 is 21.4 Å². The van der Waals surface area contributed by atoms with E-state index in [1.807, 2.05) is 24.3 Å². The van der Waals surface area contributed by atoms with Crippen LogP contribution in [-0.2, 0) is 20.0 Å². The van der Waals surface area contributed by atoms with Crippen LogP contribution in [0.4, 0.5) is 5.69 Å². The molecule has 146 valence electrons. The highest BCUT2D eigenvalue weighted by atomic mass is 32.2. The number of carbonyl (C=O) groups excluding carboxylic acids is 1. The summed E-state index contributed by atoms with van der Waals surface area (Å²) in [5.74, 6) is 0.355. The van der Waals surface area contributed by atoms with Gasteiger partial charge in [-0.05, 0) is 54.3 Å². The molecule has 2 aromatic rings. The minimum absolute atomic E-state index is 0.0393. The molecule has 1 atom stereocenters. The van der Waals surface area contributed by atoms with Crippen LogP contribution >= 0.6 is 0 Å². The molecule has 0 spiro atoms. The van der Waals surface area contributed by atoms with Crippen LogP contribution in [0.5, 0.6) is 5.75 Å². The fourth-order valence-electron chi connectivity index (χ4n) is 2.45. The molecule has 2 rings (SSSR count). The third-order valence-corrected chi connectivity index (χ3v) is 6.01. The number of benzene rings is 2. The summed E-state index contributed by atoms with van der Waals surface area (Å²) in [5.41, 5.74) is 1.77. The summed E-state index contributed by atoms with van der Waals surface area (Å²) in [6, 6.07) is 13.8. The van der Waals surface area contributed by atoms with Crippen molar-refractivity contribution in [2.24, 2.45) is 0 Å². The maximum atomic E-state index is 12.3. The van der Waals surface area contributed by atoms with Crippen molar-refractivity contribution in [3.63, 3.8) is 0 Å². The van der Waals surface area contributed by atoms with Crippen LogP contribution in [0.25, 0.3) is 0 Å². The zero-order valence-corrected chi connectivity index (χ0v) is 17.3. The molecule has 1 N–H and O–H groups in total. The van der Waals surface area contributed by atoms with Gasteiger partial charge in [0.15, 0.2) is 15.9 Å². The van der Waals surface area contributed by atoms with Crippen molar-refractivity contribution < 1.29 is 17.9 Å². The van der Waals surface area contributed by atoms with Gasteiger partial charge in [-0.25, -0.2) is 8.42 Å². The average Bonchev–Trinajstić information content (AvgIpc) is 2.61. The number of hydrogen-bond donors (Lipinski definition) is 1. The van der Waals surface area contributed by atoms with E-state index in [0.29, 0.717) is 11.4 Å². The number of nitrogens with one attached hydrogen (secondary N) is 1. The second-order valence-electron chi connectivity index (χ2n) is 7.45. The standard InChI is InChI=1S/C21H27NO4S/c1-6-27(24,25)19-13-9-17(10-14-19)22-20(23)15(2)26-18-11-7-16(8-12-18)21(3,4)5/h7-15H,6H2,1-5H3,(H,22,23). The molecular weight excluding hydrogens is 362 g/mol. The van der Waals surface area contributed by atoms with Crippen LogP contribution in [0.1, 0.15) is 40.2 Å². The van der Waals surface area contributed by atoms with Crippen LogP contribution < -0.4 is 10.1 Å². The van der Waals surface area contributed by atoms with Gasteiger partial charge in [0.2, 0.25) is 0 Å². The molecule has 6 heteroatoms. The summed E-state index contributed by atoms with van der Waals surface area (Å²) in [4.78, 5) is 12.6. The molecule has 0 radical (unpaired) electrons. The quantitative estimate of drug-likeness (QED) is 0.804. The van der Waals surface area contributed by atoms with Gasteiger partial charge in [-0.2, -0.15) is 0 Å². The first-order valence-corrected chi connectivity index (χ1v) is 10.6. The van der Waals surface area contributed by atoms with E-state index in [-0.39, 0.29) is 22.0 Å². The van der Waals surface area contributed by atoms with Gasteiger partial charge in [0.25, 0.3) is 5.91 Å². The molecule has 0 aliphatic heterocycles. The van der Waals surface area contributed by atoms with Crippen LogP contribution in [0.2, 0.25) is 0 Å². The molecule has 5 nitrogen and oxygen atoms in total. The first kappa shape index (κ1) is 21.0. The molecule has 1 amide bonds. The van der Waals surface area contributed by atoms with Gasteiger partial charge in [0, 0.05) is 5.69 Å². The summed E-state index contributed by atoms with van der Waals surface area (Å²) in [6.07, 6.45) is -0.690. The Kier molecular flexibility index (Phi) is 6.31. The number of carbonyl (C=O) groups is 1. The molecule has 0 saturated carbocycles. The third kappa shape index (κ3) is 5.57. The van der Waals surface area contributed by atoms with E-state index in [9.17, 15) is 13.2 Å². The zero-order chi connectivity index (χ0) is 20.2. The first-order chi connectivity index (χ1) is 12.5.